The molecule has 1 N–H and O–H groups in total. The molecule has 7 heteroatoms. The van der Waals surface area contributed by atoms with E-state index in [0.717, 1.165) is 34.3 Å². The van der Waals surface area contributed by atoms with Gasteiger partial charge in [0.25, 0.3) is 0 Å². The molecule has 0 saturated carbocycles. The zero-order chi connectivity index (χ0) is 16.4. The second-order valence-electron chi connectivity index (χ2n) is 5.47. The summed E-state index contributed by atoms with van der Waals surface area (Å²) in [6.07, 6.45) is 1.73. The molecule has 122 valence electrons. The summed E-state index contributed by atoms with van der Waals surface area (Å²) in [6, 6.07) is 11.8. The summed E-state index contributed by atoms with van der Waals surface area (Å²) in [5.74, 6) is 2.34. The lowest BCUT2D eigenvalue weighted by Crippen LogP contribution is -2.15. The molecule has 0 fully saturated rings. The summed E-state index contributed by atoms with van der Waals surface area (Å²) in [7, 11) is 1.86. The van der Waals surface area contributed by atoms with Crippen LogP contribution >= 0.6 is 0 Å². The quantitative estimate of drug-likeness (QED) is 0.794. The Morgan fingerprint density at radius 1 is 1.12 bits per heavy atom. The number of aromatic nitrogens is 4. The first-order valence-electron chi connectivity index (χ1n) is 7.74. The number of aryl methyl sites for hydroxylation is 1. The maximum Gasteiger partial charge on any atom is 0.162 e. The SMILES string of the molecule is Cn1nncc1CNc1cccc(-c2ccc3c(c2)OCCO3)n1. The lowest BCUT2D eigenvalue weighted by atomic mass is 10.1. The predicted octanol–water partition coefficient (Wildman–Crippen LogP) is 2.26. The fraction of sp³-hybridized carbons (Fsp3) is 0.235. The Hall–Kier alpha value is -3.09. The molecule has 0 bridgehead atoms. The van der Waals surface area contributed by atoms with Crippen LogP contribution in [-0.2, 0) is 13.6 Å². The molecule has 1 aliphatic heterocycles. The summed E-state index contributed by atoms with van der Waals surface area (Å²) in [4.78, 5) is 4.66. The first kappa shape index (κ1) is 14.5. The van der Waals surface area contributed by atoms with Gasteiger partial charge in [0.05, 0.1) is 24.1 Å². The van der Waals surface area contributed by atoms with Crippen molar-refractivity contribution < 1.29 is 9.47 Å². The Kier molecular flexibility index (Phi) is 3.74. The maximum absolute atomic E-state index is 5.64. The highest BCUT2D eigenvalue weighted by Gasteiger charge is 2.13. The van der Waals surface area contributed by atoms with Crippen molar-refractivity contribution in [2.45, 2.75) is 6.54 Å². The molecule has 1 aromatic carbocycles. The first-order valence-corrected chi connectivity index (χ1v) is 7.74. The van der Waals surface area contributed by atoms with E-state index in [0.29, 0.717) is 19.8 Å². The van der Waals surface area contributed by atoms with Gasteiger partial charge in [-0.25, -0.2) is 4.98 Å². The highest BCUT2D eigenvalue weighted by atomic mass is 16.6. The Labute approximate surface area is 139 Å². The lowest BCUT2D eigenvalue weighted by molar-refractivity contribution is 0.171. The van der Waals surface area contributed by atoms with Gasteiger partial charge in [-0.2, -0.15) is 0 Å². The average molecular weight is 323 g/mol. The van der Waals surface area contributed by atoms with Gasteiger partial charge in [0.15, 0.2) is 11.5 Å². The highest BCUT2D eigenvalue weighted by Crippen LogP contribution is 2.34. The number of fused-ring (bicyclic) bond motifs is 1. The summed E-state index contributed by atoms with van der Waals surface area (Å²) in [6.45, 7) is 1.78. The predicted molar refractivity (Wildman–Crippen MR) is 89.0 cm³/mol. The number of nitrogens with zero attached hydrogens (tertiary/aromatic N) is 4. The summed E-state index contributed by atoms with van der Waals surface area (Å²) in [5.41, 5.74) is 2.85. The number of hydrogen-bond donors (Lipinski definition) is 1. The number of ether oxygens (including phenoxy) is 2. The van der Waals surface area contributed by atoms with Gasteiger partial charge in [0.1, 0.15) is 19.0 Å². The van der Waals surface area contributed by atoms with Crippen molar-refractivity contribution in [1.29, 1.82) is 0 Å². The molecule has 7 nitrogen and oxygen atoms in total. The third-order valence-electron chi connectivity index (χ3n) is 3.85. The molecule has 0 unspecified atom stereocenters. The van der Waals surface area contributed by atoms with Crippen LogP contribution in [0.3, 0.4) is 0 Å². The van der Waals surface area contributed by atoms with E-state index in [9.17, 15) is 0 Å². The van der Waals surface area contributed by atoms with Gasteiger partial charge in [0, 0.05) is 12.6 Å². The van der Waals surface area contributed by atoms with Crippen LogP contribution in [-0.4, -0.2) is 33.2 Å². The fourth-order valence-corrected chi connectivity index (χ4v) is 2.55. The molecule has 3 heterocycles. The zero-order valence-electron chi connectivity index (χ0n) is 13.3. The number of hydrogen-bond acceptors (Lipinski definition) is 6. The van der Waals surface area contributed by atoms with Gasteiger partial charge in [-0.05, 0) is 30.3 Å². The molecule has 1 aliphatic rings. The number of anilines is 1. The van der Waals surface area contributed by atoms with Gasteiger partial charge in [0.2, 0.25) is 0 Å². The molecule has 3 aromatic rings. The van der Waals surface area contributed by atoms with Gasteiger partial charge >= 0.3 is 0 Å². The number of rotatable bonds is 4. The molecule has 4 rings (SSSR count). The van der Waals surface area contributed by atoms with Crippen molar-refractivity contribution in [3.8, 4) is 22.8 Å². The van der Waals surface area contributed by atoms with Crippen LogP contribution in [0.15, 0.2) is 42.6 Å². The monoisotopic (exact) mass is 323 g/mol. The van der Waals surface area contributed by atoms with Crippen molar-refractivity contribution in [3.63, 3.8) is 0 Å². The molecule has 2 aromatic heterocycles. The maximum atomic E-state index is 5.64. The first-order chi connectivity index (χ1) is 11.8. The molecule has 0 saturated heterocycles. The van der Waals surface area contributed by atoms with Gasteiger partial charge in [-0.3, -0.25) is 4.68 Å². The van der Waals surface area contributed by atoms with Crippen LogP contribution in [0.4, 0.5) is 5.82 Å². The summed E-state index contributed by atoms with van der Waals surface area (Å²) in [5, 5.41) is 11.1. The van der Waals surface area contributed by atoms with E-state index in [-0.39, 0.29) is 0 Å². The van der Waals surface area contributed by atoms with Crippen LogP contribution in [0.1, 0.15) is 5.69 Å². The van der Waals surface area contributed by atoms with Crippen LogP contribution in [0, 0.1) is 0 Å². The second kappa shape index (κ2) is 6.19. The Bertz CT molecular complexity index is 862. The second-order valence-corrected chi connectivity index (χ2v) is 5.47. The van der Waals surface area contributed by atoms with E-state index in [1.807, 2.05) is 43.4 Å². The molecule has 0 radical (unpaired) electrons. The third-order valence-corrected chi connectivity index (χ3v) is 3.85. The standard InChI is InChI=1S/C17H17N5O2/c1-22-13(11-19-21-22)10-18-17-4-2-3-14(20-17)12-5-6-15-16(9-12)24-8-7-23-15/h2-6,9,11H,7-8,10H2,1H3,(H,18,20). The van der Waals surface area contributed by atoms with E-state index in [1.54, 1.807) is 10.9 Å². The van der Waals surface area contributed by atoms with Gasteiger partial charge < -0.3 is 14.8 Å². The van der Waals surface area contributed by atoms with E-state index >= 15 is 0 Å². The largest absolute Gasteiger partial charge is 0.486 e. The van der Waals surface area contributed by atoms with Gasteiger partial charge in [-0.15, -0.1) is 5.10 Å². The molecule has 0 atom stereocenters. The van der Waals surface area contributed by atoms with E-state index in [2.05, 4.69) is 20.6 Å². The zero-order valence-corrected chi connectivity index (χ0v) is 13.3. The van der Waals surface area contributed by atoms with Crippen LogP contribution < -0.4 is 14.8 Å². The number of pyridine rings is 1. The van der Waals surface area contributed by atoms with Crippen molar-refractivity contribution in [2.24, 2.45) is 7.05 Å². The minimum absolute atomic E-state index is 0.574. The lowest BCUT2D eigenvalue weighted by Gasteiger charge is -2.18. The highest BCUT2D eigenvalue weighted by molar-refractivity contribution is 5.65. The minimum Gasteiger partial charge on any atom is -0.486 e. The summed E-state index contributed by atoms with van der Waals surface area (Å²) >= 11 is 0. The minimum atomic E-state index is 0.574. The third kappa shape index (κ3) is 2.88. The van der Waals surface area contributed by atoms with Crippen molar-refractivity contribution in [1.82, 2.24) is 20.0 Å². The summed E-state index contributed by atoms with van der Waals surface area (Å²) < 4.78 is 12.9. The normalized spacial score (nSPS) is 12.9. The number of nitrogens with one attached hydrogen (secondary N) is 1. The van der Waals surface area contributed by atoms with Crippen molar-refractivity contribution in [3.05, 3.63) is 48.3 Å². The van der Waals surface area contributed by atoms with Crippen LogP contribution in [0.2, 0.25) is 0 Å². The smallest absolute Gasteiger partial charge is 0.162 e. The molecule has 0 amide bonds. The van der Waals surface area contributed by atoms with Crippen LogP contribution in [0.5, 0.6) is 11.5 Å². The van der Waals surface area contributed by atoms with Crippen LogP contribution in [0.25, 0.3) is 11.3 Å². The van der Waals surface area contributed by atoms with Crippen molar-refractivity contribution in [2.75, 3.05) is 18.5 Å². The Morgan fingerprint density at radius 2 is 2.00 bits per heavy atom. The van der Waals surface area contributed by atoms with Gasteiger partial charge in [-0.1, -0.05) is 11.3 Å². The van der Waals surface area contributed by atoms with E-state index in [4.69, 9.17) is 9.47 Å². The average Bonchev–Trinajstić information content (AvgIpc) is 3.05. The fourth-order valence-electron chi connectivity index (χ4n) is 2.55. The van der Waals surface area contributed by atoms with Crippen molar-refractivity contribution >= 4 is 5.82 Å². The molecule has 0 spiro atoms. The Balaban J connectivity index is 1.55. The number of benzene rings is 1. The molecule has 0 aliphatic carbocycles. The molecular weight excluding hydrogens is 306 g/mol. The molecule has 24 heavy (non-hydrogen) atoms. The molecular formula is C17H17N5O2. The Morgan fingerprint density at radius 3 is 2.83 bits per heavy atom. The topological polar surface area (TPSA) is 74.1 Å². The van der Waals surface area contributed by atoms with E-state index in [1.165, 1.54) is 0 Å². The van der Waals surface area contributed by atoms with E-state index < -0.39 is 0 Å².